The molecule has 1 amide bonds. The molecule has 1 aliphatic rings. The maximum absolute atomic E-state index is 12.8. The van der Waals surface area contributed by atoms with Crippen LogP contribution < -0.4 is 4.72 Å². The predicted octanol–water partition coefficient (Wildman–Crippen LogP) is 1.49. The Morgan fingerprint density at radius 1 is 1.25 bits per heavy atom. The van der Waals surface area contributed by atoms with Gasteiger partial charge in [-0.25, -0.2) is 18.1 Å². The summed E-state index contributed by atoms with van der Waals surface area (Å²) in [6.07, 6.45) is 2.72. The molecule has 3 N–H and O–H groups in total. The molecule has 2 aromatic heterocycles. The van der Waals surface area contributed by atoms with Crippen LogP contribution in [0, 0.1) is 13.8 Å². The number of fused-ring (bicyclic) bond motifs is 1. The number of nitrogens with zero attached hydrogens (tertiary/aromatic N) is 3. The van der Waals surface area contributed by atoms with Gasteiger partial charge in [-0.3, -0.25) is 9.89 Å². The molecule has 0 radical (unpaired) electrons. The van der Waals surface area contributed by atoms with Crippen molar-refractivity contribution in [3.8, 4) is 0 Å². The number of rotatable bonds is 4. The summed E-state index contributed by atoms with van der Waals surface area (Å²) in [4.78, 5) is 21.9. The smallest absolute Gasteiger partial charge is 0.253 e. The third-order valence-electron chi connectivity index (χ3n) is 5.10. The van der Waals surface area contributed by atoms with Crippen LogP contribution in [0.4, 0.5) is 0 Å². The molecule has 0 saturated carbocycles. The Morgan fingerprint density at radius 3 is 2.68 bits per heavy atom. The number of aromatic nitrogens is 4. The molecule has 0 spiro atoms. The highest BCUT2D eigenvalue weighted by Crippen LogP contribution is 2.21. The Hall–Kier alpha value is -2.72. The molecule has 148 valence electrons. The van der Waals surface area contributed by atoms with Gasteiger partial charge in [-0.1, -0.05) is 0 Å². The van der Waals surface area contributed by atoms with Crippen molar-refractivity contribution in [2.45, 2.75) is 37.6 Å². The standard InChI is InChI=1S/C18H22N6O3S/c1-11-17(12(2)22-21-11)28(26,27)23-14-5-7-24(8-6-14)18(25)13-3-4-15-16(9-13)20-10-19-15/h3-4,9-10,14,23H,5-8H2,1-2H3,(H,19,20)(H,21,22). The predicted molar refractivity (Wildman–Crippen MR) is 103 cm³/mol. The molecular formula is C18H22N6O3S. The zero-order valence-electron chi connectivity index (χ0n) is 15.7. The lowest BCUT2D eigenvalue weighted by Crippen LogP contribution is -2.46. The molecule has 0 atom stereocenters. The second-order valence-electron chi connectivity index (χ2n) is 7.09. The van der Waals surface area contributed by atoms with E-state index in [1.54, 1.807) is 37.2 Å². The Labute approximate surface area is 162 Å². The van der Waals surface area contributed by atoms with Gasteiger partial charge in [0.05, 0.1) is 28.7 Å². The van der Waals surface area contributed by atoms with Crippen LogP contribution in [-0.2, 0) is 10.0 Å². The number of aryl methyl sites for hydroxylation is 2. The topological polar surface area (TPSA) is 124 Å². The van der Waals surface area contributed by atoms with Gasteiger partial charge in [0.2, 0.25) is 10.0 Å². The van der Waals surface area contributed by atoms with E-state index in [-0.39, 0.29) is 16.8 Å². The summed E-state index contributed by atoms with van der Waals surface area (Å²) >= 11 is 0. The Morgan fingerprint density at radius 2 is 2.00 bits per heavy atom. The minimum absolute atomic E-state index is 0.0562. The lowest BCUT2D eigenvalue weighted by Gasteiger charge is -2.32. The van der Waals surface area contributed by atoms with Gasteiger partial charge in [-0.05, 0) is 44.9 Å². The van der Waals surface area contributed by atoms with Gasteiger partial charge in [0.1, 0.15) is 4.90 Å². The number of sulfonamides is 1. The Bertz CT molecular complexity index is 1110. The summed E-state index contributed by atoms with van der Waals surface area (Å²) in [5, 5.41) is 6.66. The van der Waals surface area contributed by atoms with Crippen LogP contribution in [0.15, 0.2) is 29.4 Å². The zero-order valence-corrected chi connectivity index (χ0v) is 16.5. The van der Waals surface area contributed by atoms with Gasteiger partial charge < -0.3 is 9.88 Å². The van der Waals surface area contributed by atoms with Crippen LogP contribution in [-0.4, -0.2) is 58.5 Å². The summed E-state index contributed by atoms with van der Waals surface area (Å²) in [5.74, 6) is -0.0562. The fraction of sp³-hybridized carbons (Fsp3) is 0.389. The number of H-pyrrole nitrogens is 2. The van der Waals surface area contributed by atoms with Crippen LogP contribution in [0.5, 0.6) is 0 Å². The highest BCUT2D eigenvalue weighted by molar-refractivity contribution is 7.89. The zero-order chi connectivity index (χ0) is 19.9. The Balaban J connectivity index is 1.41. The third-order valence-corrected chi connectivity index (χ3v) is 6.88. The van der Waals surface area contributed by atoms with Crippen molar-refractivity contribution >= 4 is 27.0 Å². The van der Waals surface area contributed by atoms with Gasteiger partial charge in [-0.15, -0.1) is 0 Å². The quantitative estimate of drug-likeness (QED) is 0.610. The lowest BCUT2D eigenvalue weighted by molar-refractivity contribution is 0.0711. The summed E-state index contributed by atoms with van der Waals surface area (Å²) in [6.45, 7) is 4.34. The number of carbonyl (C=O) groups is 1. The molecule has 1 aromatic carbocycles. The monoisotopic (exact) mass is 402 g/mol. The summed E-state index contributed by atoms with van der Waals surface area (Å²) < 4.78 is 28.1. The Kier molecular flexibility index (Phi) is 4.68. The van der Waals surface area contributed by atoms with Crippen molar-refractivity contribution in [1.29, 1.82) is 0 Å². The summed E-state index contributed by atoms with van der Waals surface area (Å²) in [7, 11) is -3.64. The summed E-state index contributed by atoms with van der Waals surface area (Å²) in [5.41, 5.74) is 3.20. The number of hydrogen-bond donors (Lipinski definition) is 3. The van der Waals surface area contributed by atoms with Crippen LogP contribution in [0.1, 0.15) is 34.6 Å². The largest absolute Gasteiger partial charge is 0.345 e. The van der Waals surface area contributed by atoms with E-state index in [0.717, 1.165) is 11.0 Å². The van der Waals surface area contributed by atoms with E-state index in [1.165, 1.54) is 0 Å². The van der Waals surface area contributed by atoms with Crippen molar-refractivity contribution in [3.05, 3.63) is 41.5 Å². The van der Waals surface area contributed by atoms with Crippen molar-refractivity contribution in [1.82, 2.24) is 29.8 Å². The fourth-order valence-electron chi connectivity index (χ4n) is 3.67. The molecule has 1 aliphatic heterocycles. The van der Waals surface area contributed by atoms with Crippen LogP contribution in [0.25, 0.3) is 11.0 Å². The molecule has 0 aliphatic carbocycles. The van der Waals surface area contributed by atoms with Crippen LogP contribution in [0.2, 0.25) is 0 Å². The molecular weight excluding hydrogens is 380 g/mol. The average Bonchev–Trinajstić information content (AvgIpc) is 3.27. The van der Waals surface area contributed by atoms with Crippen LogP contribution in [0.3, 0.4) is 0 Å². The van der Waals surface area contributed by atoms with E-state index in [2.05, 4.69) is 24.9 Å². The first kappa shape index (κ1) is 18.6. The van der Waals surface area contributed by atoms with E-state index < -0.39 is 10.0 Å². The SMILES string of the molecule is Cc1n[nH]c(C)c1S(=O)(=O)NC1CCN(C(=O)c2ccc3nc[nH]c3c2)CC1. The number of benzene rings is 1. The molecule has 1 saturated heterocycles. The molecule has 0 bridgehead atoms. The van der Waals surface area contributed by atoms with Crippen LogP contribution >= 0.6 is 0 Å². The number of piperidine rings is 1. The molecule has 3 heterocycles. The first-order valence-corrected chi connectivity index (χ1v) is 10.6. The number of carbonyl (C=O) groups excluding carboxylic acids is 1. The number of aromatic amines is 2. The van der Waals surface area contributed by atoms with E-state index in [0.29, 0.717) is 42.9 Å². The molecule has 0 unspecified atom stereocenters. The average molecular weight is 402 g/mol. The van der Waals surface area contributed by atoms with Crippen molar-refractivity contribution < 1.29 is 13.2 Å². The molecule has 1 fully saturated rings. The molecule has 4 rings (SSSR count). The van der Waals surface area contributed by atoms with Gasteiger partial charge in [0, 0.05) is 24.7 Å². The van der Waals surface area contributed by atoms with Gasteiger partial charge in [0.15, 0.2) is 0 Å². The van der Waals surface area contributed by atoms with E-state index in [9.17, 15) is 13.2 Å². The van der Waals surface area contributed by atoms with E-state index >= 15 is 0 Å². The highest BCUT2D eigenvalue weighted by Gasteiger charge is 2.29. The minimum Gasteiger partial charge on any atom is -0.345 e. The molecule has 28 heavy (non-hydrogen) atoms. The third kappa shape index (κ3) is 3.40. The van der Waals surface area contributed by atoms with Gasteiger partial charge >= 0.3 is 0 Å². The molecule has 10 heteroatoms. The van der Waals surface area contributed by atoms with E-state index in [1.807, 2.05) is 6.07 Å². The second-order valence-corrected chi connectivity index (χ2v) is 8.74. The first-order valence-electron chi connectivity index (χ1n) is 9.11. The maximum Gasteiger partial charge on any atom is 0.253 e. The minimum atomic E-state index is -3.64. The first-order chi connectivity index (χ1) is 13.3. The van der Waals surface area contributed by atoms with E-state index in [4.69, 9.17) is 0 Å². The molecule has 9 nitrogen and oxygen atoms in total. The second kappa shape index (κ2) is 7.02. The maximum atomic E-state index is 12.8. The number of hydrogen-bond acceptors (Lipinski definition) is 5. The van der Waals surface area contributed by atoms with Crippen molar-refractivity contribution in [2.75, 3.05) is 13.1 Å². The van der Waals surface area contributed by atoms with Crippen molar-refractivity contribution in [2.24, 2.45) is 0 Å². The number of likely N-dealkylation sites (tertiary alicyclic amines) is 1. The lowest BCUT2D eigenvalue weighted by atomic mass is 10.0. The van der Waals surface area contributed by atoms with Gasteiger partial charge in [-0.2, -0.15) is 5.10 Å². The number of nitrogens with one attached hydrogen (secondary N) is 3. The van der Waals surface area contributed by atoms with Gasteiger partial charge in [0.25, 0.3) is 5.91 Å². The fourth-order valence-corrected chi connectivity index (χ4v) is 5.34. The summed E-state index contributed by atoms with van der Waals surface area (Å²) in [6, 6.07) is 5.17. The number of imidazole rings is 1. The normalized spacial score (nSPS) is 16.0. The van der Waals surface area contributed by atoms with Crippen molar-refractivity contribution in [3.63, 3.8) is 0 Å². The molecule has 3 aromatic rings. The highest BCUT2D eigenvalue weighted by atomic mass is 32.2. The number of amides is 1.